The molecule has 4 heteroatoms. The first kappa shape index (κ1) is 10.4. The average molecular weight is 269 g/mol. The predicted molar refractivity (Wildman–Crippen MR) is 57.3 cm³/mol. The van der Waals surface area contributed by atoms with Crippen molar-refractivity contribution in [1.29, 1.82) is 0 Å². The summed E-state index contributed by atoms with van der Waals surface area (Å²) in [5.41, 5.74) is 1.88. The van der Waals surface area contributed by atoms with Crippen LogP contribution in [0.5, 0.6) is 0 Å². The number of hydrogen-bond acceptors (Lipinski definition) is 3. The molecule has 1 heterocycles. The molecule has 0 aromatic heterocycles. The van der Waals surface area contributed by atoms with Gasteiger partial charge < -0.3 is 4.74 Å². The van der Waals surface area contributed by atoms with Gasteiger partial charge in [-0.2, -0.15) is 0 Å². The third-order valence-corrected chi connectivity index (χ3v) is 2.79. The van der Waals surface area contributed by atoms with Crippen molar-refractivity contribution in [2.24, 2.45) is 0 Å². The van der Waals surface area contributed by atoms with Gasteiger partial charge in [0.25, 0.3) is 0 Å². The van der Waals surface area contributed by atoms with E-state index < -0.39 is 17.9 Å². The van der Waals surface area contributed by atoms with Gasteiger partial charge in [-0.15, -0.1) is 0 Å². The summed E-state index contributed by atoms with van der Waals surface area (Å²) >= 11 is 3.36. The Labute approximate surface area is 95.6 Å². The summed E-state index contributed by atoms with van der Waals surface area (Å²) in [6, 6.07) is 5.69. The van der Waals surface area contributed by atoms with Gasteiger partial charge in [-0.25, -0.2) is 0 Å². The molecule has 0 aliphatic carbocycles. The number of aryl methyl sites for hydroxylation is 1. The number of carbonyl (C=O) groups excluding carboxylic acids is 2. The molecule has 1 aliphatic heterocycles. The lowest BCUT2D eigenvalue weighted by Crippen LogP contribution is -2.05. The van der Waals surface area contributed by atoms with Gasteiger partial charge in [0.05, 0.1) is 12.3 Å². The van der Waals surface area contributed by atoms with E-state index in [0.29, 0.717) is 0 Å². The largest absolute Gasteiger partial charge is 0.393 e. The molecule has 2 rings (SSSR count). The number of benzene rings is 1. The minimum atomic E-state index is -0.447. The fourth-order valence-corrected chi connectivity index (χ4v) is 2.32. The van der Waals surface area contributed by atoms with E-state index in [1.807, 2.05) is 25.1 Å². The van der Waals surface area contributed by atoms with Crippen LogP contribution in [0.15, 0.2) is 22.7 Å². The minimum absolute atomic E-state index is 0.148. The van der Waals surface area contributed by atoms with Crippen LogP contribution in [0.3, 0.4) is 0 Å². The number of rotatable bonds is 1. The van der Waals surface area contributed by atoms with Gasteiger partial charge in [0.2, 0.25) is 0 Å². The first-order valence-corrected chi connectivity index (χ1v) is 5.37. The van der Waals surface area contributed by atoms with Crippen LogP contribution in [0.25, 0.3) is 0 Å². The van der Waals surface area contributed by atoms with Gasteiger partial charge in [0, 0.05) is 4.47 Å². The third-order valence-electron chi connectivity index (χ3n) is 2.34. The minimum Gasteiger partial charge on any atom is -0.393 e. The van der Waals surface area contributed by atoms with Crippen molar-refractivity contribution in [2.45, 2.75) is 19.3 Å². The maximum absolute atomic E-state index is 11.3. The highest BCUT2D eigenvalue weighted by atomic mass is 79.9. The Morgan fingerprint density at radius 2 is 2.07 bits per heavy atom. The summed E-state index contributed by atoms with van der Waals surface area (Å²) in [6.07, 6.45) is 0.148. The van der Waals surface area contributed by atoms with Crippen molar-refractivity contribution in [3.8, 4) is 0 Å². The smallest absolute Gasteiger partial charge is 0.321 e. The highest BCUT2D eigenvalue weighted by Crippen LogP contribution is 2.30. The van der Waals surface area contributed by atoms with Crippen LogP contribution in [-0.2, 0) is 14.3 Å². The molecule has 1 aromatic rings. The van der Waals surface area contributed by atoms with Gasteiger partial charge >= 0.3 is 11.9 Å². The SMILES string of the molecule is Cc1cc(Br)cc(C2CC(=O)OC2=O)c1. The van der Waals surface area contributed by atoms with Crippen LogP contribution < -0.4 is 0 Å². The van der Waals surface area contributed by atoms with Crippen molar-refractivity contribution in [1.82, 2.24) is 0 Å². The second-order valence-corrected chi connectivity index (χ2v) is 4.53. The fourth-order valence-electron chi connectivity index (χ4n) is 1.69. The maximum Gasteiger partial charge on any atom is 0.321 e. The Hall–Kier alpha value is -1.16. The van der Waals surface area contributed by atoms with E-state index in [-0.39, 0.29) is 6.42 Å². The van der Waals surface area contributed by atoms with Crippen LogP contribution in [0.4, 0.5) is 0 Å². The molecule has 1 aromatic carbocycles. The molecule has 78 valence electrons. The topological polar surface area (TPSA) is 43.4 Å². The van der Waals surface area contributed by atoms with Crippen molar-refractivity contribution < 1.29 is 14.3 Å². The number of cyclic esters (lactones) is 2. The number of ether oxygens (including phenoxy) is 1. The second-order valence-electron chi connectivity index (χ2n) is 3.61. The van der Waals surface area contributed by atoms with Crippen LogP contribution >= 0.6 is 15.9 Å². The number of esters is 2. The van der Waals surface area contributed by atoms with Crippen LogP contribution in [0.2, 0.25) is 0 Å². The molecule has 0 N–H and O–H groups in total. The Bertz CT molecular complexity index is 419. The van der Waals surface area contributed by atoms with E-state index in [1.165, 1.54) is 0 Å². The zero-order valence-electron chi connectivity index (χ0n) is 8.12. The van der Waals surface area contributed by atoms with E-state index in [2.05, 4.69) is 20.7 Å². The molecular formula is C11H9BrO3. The summed E-state index contributed by atoms with van der Waals surface area (Å²) in [6.45, 7) is 1.94. The Morgan fingerprint density at radius 3 is 2.60 bits per heavy atom. The molecule has 0 radical (unpaired) electrons. The zero-order valence-corrected chi connectivity index (χ0v) is 9.71. The molecule has 15 heavy (non-hydrogen) atoms. The Kier molecular flexibility index (Phi) is 2.61. The first-order chi connectivity index (χ1) is 7.06. The lowest BCUT2D eigenvalue weighted by molar-refractivity contribution is -0.152. The molecular weight excluding hydrogens is 260 g/mol. The predicted octanol–water partition coefficient (Wildman–Crippen LogP) is 2.31. The Morgan fingerprint density at radius 1 is 1.33 bits per heavy atom. The molecule has 1 fully saturated rings. The van der Waals surface area contributed by atoms with E-state index in [9.17, 15) is 9.59 Å². The summed E-state index contributed by atoms with van der Waals surface area (Å²) in [5.74, 6) is -1.33. The number of hydrogen-bond donors (Lipinski definition) is 0. The highest BCUT2D eigenvalue weighted by Gasteiger charge is 2.34. The summed E-state index contributed by atoms with van der Waals surface area (Å²) < 4.78 is 5.42. The quantitative estimate of drug-likeness (QED) is 0.580. The molecule has 3 nitrogen and oxygen atoms in total. The van der Waals surface area contributed by atoms with Gasteiger partial charge in [0.15, 0.2) is 0 Å². The molecule has 0 amide bonds. The van der Waals surface area contributed by atoms with E-state index in [1.54, 1.807) is 0 Å². The summed E-state index contributed by atoms with van der Waals surface area (Å²) in [7, 11) is 0. The number of halogens is 1. The van der Waals surface area contributed by atoms with Gasteiger partial charge in [-0.05, 0) is 30.2 Å². The van der Waals surface area contributed by atoms with Gasteiger partial charge in [-0.3, -0.25) is 9.59 Å². The molecule has 1 saturated heterocycles. The fraction of sp³-hybridized carbons (Fsp3) is 0.273. The maximum atomic E-state index is 11.3. The van der Waals surface area contributed by atoms with Crippen molar-refractivity contribution in [2.75, 3.05) is 0 Å². The van der Waals surface area contributed by atoms with E-state index in [0.717, 1.165) is 15.6 Å². The molecule has 0 saturated carbocycles. The van der Waals surface area contributed by atoms with Crippen LogP contribution in [0.1, 0.15) is 23.5 Å². The standard InChI is InChI=1S/C11H9BrO3/c1-6-2-7(4-8(12)3-6)9-5-10(13)15-11(9)14/h2-4,9H,5H2,1H3. The molecule has 1 unspecified atom stereocenters. The van der Waals surface area contributed by atoms with Crippen molar-refractivity contribution >= 4 is 27.9 Å². The van der Waals surface area contributed by atoms with Crippen molar-refractivity contribution in [3.05, 3.63) is 33.8 Å². The second kappa shape index (κ2) is 3.77. The van der Waals surface area contributed by atoms with Gasteiger partial charge in [0.1, 0.15) is 0 Å². The lowest BCUT2D eigenvalue weighted by Gasteiger charge is -2.06. The normalized spacial score (nSPS) is 20.5. The highest BCUT2D eigenvalue weighted by molar-refractivity contribution is 9.10. The van der Waals surface area contributed by atoms with Crippen LogP contribution in [0, 0.1) is 6.92 Å². The van der Waals surface area contributed by atoms with E-state index >= 15 is 0 Å². The first-order valence-electron chi connectivity index (χ1n) is 4.58. The third kappa shape index (κ3) is 2.09. The summed E-state index contributed by atoms with van der Waals surface area (Å²) in [5, 5.41) is 0. The van der Waals surface area contributed by atoms with Crippen LogP contribution in [-0.4, -0.2) is 11.9 Å². The number of carbonyl (C=O) groups is 2. The molecule has 1 atom stereocenters. The lowest BCUT2D eigenvalue weighted by atomic mass is 9.96. The molecule has 0 spiro atoms. The zero-order chi connectivity index (χ0) is 11.0. The Balaban J connectivity index is 2.37. The molecule has 0 bridgehead atoms. The molecule has 1 aliphatic rings. The van der Waals surface area contributed by atoms with Crippen molar-refractivity contribution in [3.63, 3.8) is 0 Å². The average Bonchev–Trinajstić information content (AvgIpc) is 2.43. The van der Waals surface area contributed by atoms with Gasteiger partial charge in [-0.1, -0.05) is 22.0 Å². The monoisotopic (exact) mass is 268 g/mol. The van der Waals surface area contributed by atoms with E-state index in [4.69, 9.17) is 0 Å². The summed E-state index contributed by atoms with van der Waals surface area (Å²) in [4.78, 5) is 22.3.